The van der Waals surface area contributed by atoms with E-state index >= 15 is 0 Å². The molecule has 3 rings (SSSR count). The number of hydrogen-bond donors (Lipinski definition) is 2. The number of nitrogens with two attached hydrogens (primary N) is 1. The van der Waals surface area contributed by atoms with Gasteiger partial charge in [0.05, 0.1) is 12.2 Å². The van der Waals surface area contributed by atoms with Crippen LogP contribution in [0, 0.1) is 5.92 Å². The number of nitrogens with zero attached hydrogens (tertiary/aromatic N) is 1. The van der Waals surface area contributed by atoms with Crippen molar-refractivity contribution in [3.63, 3.8) is 0 Å². The van der Waals surface area contributed by atoms with E-state index in [4.69, 9.17) is 10.5 Å². The molecule has 21 heavy (non-hydrogen) atoms. The van der Waals surface area contributed by atoms with Crippen LogP contribution in [-0.2, 0) is 4.79 Å². The first kappa shape index (κ1) is 14.2. The summed E-state index contributed by atoms with van der Waals surface area (Å²) in [5.74, 6) is 1.00. The van der Waals surface area contributed by atoms with Gasteiger partial charge in [0.2, 0.25) is 5.91 Å². The van der Waals surface area contributed by atoms with Gasteiger partial charge in [-0.15, -0.1) is 0 Å². The molecule has 0 aromatic heterocycles. The minimum Gasteiger partial charge on any atom is -0.490 e. The molecule has 1 amide bonds. The fourth-order valence-electron chi connectivity index (χ4n) is 3.14. The molecule has 1 aromatic rings. The standard InChI is InChI=1S/C16H23N3O2/c1-19-7-8-21-15-6-5-13(10-14(15)19)18-16(20)11-3-2-4-12(17)9-11/h5-6,10-12H,2-4,7-9,17H2,1H3,(H,18,20). The quantitative estimate of drug-likeness (QED) is 0.873. The maximum absolute atomic E-state index is 12.4. The number of hydrogen-bond acceptors (Lipinski definition) is 4. The van der Waals surface area contributed by atoms with E-state index in [9.17, 15) is 4.79 Å². The highest BCUT2D eigenvalue weighted by Crippen LogP contribution is 2.33. The second-order valence-electron chi connectivity index (χ2n) is 6.07. The molecule has 1 fully saturated rings. The molecule has 0 bridgehead atoms. The Morgan fingerprint density at radius 3 is 3.10 bits per heavy atom. The first-order valence-electron chi connectivity index (χ1n) is 7.68. The van der Waals surface area contributed by atoms with Crippen LogP contribution in [0.3, 0.4) is 0 Å². The van der Waals surface area contributed by atoms with Crippen LogP contribution in [0.4, 0.5) is 11.4 Å². The molecule has 114 valence electrons. The lowest BCUT2D eigenvalue weighted by Crippen LogP contribution is -2.34. The Balaban J connectivity index is 1.70. The van der Waals surface area contributed by atoms with Gasteiger partial charge in [-0.2, -0.15) is 0 Å². The molecule has 2 atom stereocenters. The van der Waals surface area contributed by atoms with Crippen molar-refractivity contribution in [3.05, 3.63) is 18.2 Å². The summed E-state index contributed by atoms with van der Waals surface area (Å²) in [7, 11) is 2.03. The SMILES string of the molecule is CN1CCOc2ccc(NC(=O)C3CCCC(N)C3)cc21. The highest BCUT2D eigenvalue weighted by atomic mass is 16.5. The van der Waals surface area contributed by atoms with Crippen LogP contribution < -0.4 is 20.7 Å². The molecule has 1 heterocycles. The highest BCUT2D eigenvalue weighted by molar-refractivity contribution is 5.93. The van der Waals surface area contributed by atoms with Gasteiger partial charge in [-0.3, -0.25) is 4.79 Å². The predicted octanol–water partition coefficient (Wildman–Crippen LogP) is 1.97. The largest absolute Gasteiger partial charge is 0.490 e. The van der Waals surface area contributed by atoms with Crippen molar-refractivity contribution in [1.29, 1.82) is 0 Å². The number of carbonyl (C=O) groups is 1. The summed E-state index contributed by atoms with van der Waals surface area (Å²) in [6.07, 6.45) is 3.80. The Kier molecular flexibility index (Phi) is 4.01. The minimum atomic E-state index is 0.0405. The zero-order valence-electron chi connectivity index (χ0n) is 12.5. The number of ether oxygens (including phenoxy) is 1. The number of fused-ring (bicyclic) bond motifs is 1. The lowest BCUT2D eigenvalue weighted by molar-refractivity contribution is -0.120. The van der Waals surface area contributed by atoms with Gasteiger partial charge in [0.25, 0.3) is 0 Å². The van der Waals surface area contributed by atoms with Crippen molar-refractivity contribution < 1.29 is 9.53 Å². The Morgan fingerprint density at radius 1 is 1.43 bits per heavy atom. The molecular formula is C16H23N3O2. The fourth-order valence-corrected chi connectivity index (χ4v) is 3.14. The van der Waals surface area contributed by atoms with Crippen molar-refractivity contribution in [1.82, 2.24) is 0 Å². The van der Waals surface area contributed by atoms with E-state index in [0.717, 1.165) is 49.4 Å². The predicted molar refractivity (Wildman–Crippen MR) is 83.8 cm³/mol. The molecule has 5 heteroatoms. The highest BCUT2D eigenvalue weighted by Gasteiger charge is 2.25. The Morgan fingerprint density at radius 2 is 2.29 bits per heavy atom. The molecule has 1 aliphatic heterocycles. The Labute approximate surface area is 125 Å². The zero-order valence-corrected chi connectivity index (χ0v) is 12.5. The van der Waals surface area contributed by atoms with E-state index in [1.165, 1.54) is 0 Å². The lowest BCUT2D eigenvalue weighted by Gasteiger charge is -2.29. The number of nitrogens with one attached hydrogen (secondary N) is 1. The summed E-state index contributed by atoms with van der Waals surface area (Å²) >= 11 is 0. The van der Waals surface area contributed by atoms with Crippen LogP contribution in [0.2, 0.25) is 0 Å². The molecule has 1 aliphatic carbocycles. The van der Waals surface area contributed by atoms with E-state index < -0.39 is 0 Å². The van der Waals surface area contributed by atoms with Gasteiger partial charge < -0.3 is 20.7 Å². The van der Waals surface area contributed by atoms with Crippen molar-refractivity contribution in [3.8, 4) is 5.75 Å². The van der Waals surface area contributed by atoms with Gasteiger partial charge in [-0.25, -0.2) is 0 Å². The number of carbonyl (C=O) groups excluding carboxylic acids is 1. The van der Waals surface area contributed by atoms with Gasteiger partial charge in [0.15, 0.2) is 0 Å². The molecule has 3 N–H and O–H groups in total. The molecule has 2 unspecified atom stereocenters. The molecule has 2 aliphatic rings. The third-order valence-electron chi connectivity index (χ3n) is 4.41. The van der Waals surface area contributed by atoms with Gasteiger partial charge in [0, 0.05) is 24.7 Å². The first-order valence-corrected chi connectivity index (χ1v) is 7.68. The summed E-state index contributed by atoms with van der Waals surface area (Å²) < 4.78 is 5.61. The maximum atomic E-state index is 12.4. The van der Waals surface area contributed by atoms with E-state index in [2.05, 4.69) is 10.2 Å². The summed E-state index contributed by atoms with van der Waals surface area (Å²) in [6, 6.07) is 5.97. The topological polar surface area (TPSA) is 67.6 Å². The lowest BCUT2D eigenvalue weighted by atomic mass is 9.85. The number of likely N-dealkylation sites (N-methyl/N-ethyl adjacent to an activating group) is 1. The first-order chi connectivity index (χ1) is 10.1. The second kappa shape index (κ2) is 5.93. The Hall–Kier alpha value is -1.75. The fraction of sp³-hybridized carbons (Fsp3) is 0.562. The number of rotatable bonds is 2. The van der Waals surface area contributed by atoms with E-state index in [0.29, 0.717) is 6.61 Å². The monoisotopic (exact) mass is 289 g/mol. The summed E-state index contributed by atoms with van der Waals surface area (Å²) in [5.41, 5.74) is 7.82. The average molecular weight is 289 g/mol. The Bertz CT molecular complexity index is 532. The maximum Gasteiger partial charge on any atom is 0.227 e. The van der Waals surface area contributed by atoms with Gasteiger partial charge in [-0.05, 0) is 37.5 Å². The average Bonchev–Trinajstić information content (AvgIpc) is 2.48. The molecule has 1 saturated carbocycles. The number of benzene rings is 1. The zero-order chi connectivity index (χ0) is 14.8. The molecule has 0 radical (unpaired) electrons. The third kappa shape index (κ3) is 3.13. The van der Waals surface area contributed by atoms with Crippen LogP contribution in [-0.4, -0.2) is 32.1 Å². The van der Waals surface area contributed by atoms with E-state index in [-0.39, 0.29) is 17.9 Å². The van der Waals surface area contributed by atoms with E-state index in [1.54, 1.807) is 0 Å². The molecule has 5 nitrogen and oxygen atoms in total. The molecule has 0 spiro atoms. The van der Waals surface area contributed by atoms with Crippen molar-refractivity contribution in [2.24, 2.45) is 11.7 Å². The van der Waals surface area contributed by atoms with Crippen LogP contribution in [0.5, 0.6) is 5.75 Å². The molecular weight excluding hydrogens is 266 g/mol. The van der Waals surface area contributed by atoms with Crippen LogP contribution in [0.25, 0.3) is 0 Å². The second-order valence-corrected chi connectivity index (χ2v) is 6.07. The number of anilines is 2. The van der Waals surface area contributed by atoms with Crippen LogP contribution in [0.15, 0.2) is 18.2 Å². The van der Waals surface area contributed by atoms with Gasteiger partial charge in [0.1, 0.15) is 12.4 Å². The van der Waals surface area contributed by atoms with E-state index in [1.807, 2.05) is 25.2 Å². The number of amides is 1. The minimum absolute atomic E-state index is 0.0405. The normalized spacial score (nSPS) is 25.0. The van der Waals surface area contributed by atoms with Gasteiger partial charge >= 0.3 is 0 Å². The van der Waals surface area contributed by atoms with Gasteiger partial charge in [-0.1, -0.05) is 6.42 Å². The summed E-state index contributed by atoms with van der Waals surface area (Å²) in [5, 5.41) is 3.03. The third-order valence-corrected chi connectivity index (χ3v) is 4.41. The molecule has 0 saturated heterocycles. The van der Waals surface area contributed by atoms with Crippen molar-refractivity contribution in [2.45, 2.75) is 31.7 Å². The van der Waals surface area contributed by atoms with Crippen LogP contribution in [0.1, 0.15) is 25.7 Å². The van der Waals surface area contributed by atoms with Crippen molar-refractivity contribution >= 4 is 17.3 Å². The smallest absolute Gasteiger partial charge is 0.227 e. The van der Waals surface area contributed by atoms with Crippen LogP contribution >= 0.6 is 0 Å². The van der Waals surface area contributed by atoms with Crippen molar-refractivity contribution in [2.75, 3.05) is 30.4 Å². The summed E-state index contributed by atoms with van der Waals surface area (Å²) in [4.78, 5) is 14.5. The summed E-state index contributed by atoms with van der Waals surface area (Å²) in [6.45, 7) is 1.57. The molecule has 1 aromatic carbocycles.